The molecule has 0 aromatic carbocycles. The van der Waals surface area contributed by atoms with Gasteiger partial charge in [0, 0.05) is 16.7 Å². The van der Waals surface area contributed by atoms with E-state index >= 15 is 0 Å². The summed E-state index contributed by atoms with van der Waals surface area (Å²) < 4.78 is 0. The molecule has 0 aromatic heterocycles. The summed E-state index contributed by atoms with van der Waals surface area (Å²) in [6.07, 6.45) is 3.98. The van der Waals surface area contributed by atoms with Crippen molar-refractivity contribution in [1.82, 2.24) is 0 Å². The molecule has 0 saturated carbocycles. The van der Waals surface area contributed by atoms with Crippen molar-refractivity contribution in [2.75, 3.05) is 0 Å². The van der Waals surface area contributed by atoms with Crippen LogP contribution in [0, 0.1) is 0 Å². The fourth-order valence-electron chi connectivity index (χ4n) is 1.39. The molecule has 0 amide bonds. The fraction of sp³-hybridized carbons (Fsp3) is 0.385. The Kier molecular flexibility index (Phi) is 3.40. The highest BCUT2D eigenvalue weighted by atomic mass is 16.1. The number of carbonyl (C=O) groups excluding carboxylic acids is 2. The van der Waals surface area contributed by atoms with Gasteiger partial charge in [0.1, 0.15) is 0 Å². The van der Waals surface area contributed by atoms with Gasteiger partial charge in [0.25, 0.3) is 0 Å². The molecule has 0 N–H and O–H groups in total. The largest absolute Gasteiger partial charge is 0.290 e. The topological polar surface area (TPSA) is 34.1 Å². The summed E-state index contributed by atoms with van der Waals surface area (Å²) in [6.45, 7) is 7.36. The van der Waals surface area contributed by atoms with Crippen molar-refractivity contribution >= 4 is 11.6 Å². The average Bonchev–Trinajstić information content (AvgIpc) is 2.18. The Labute approximate surface area is 90.4 Å². The highest BCUT2D eigenvalue weighted by Gasteiger charge is 2.21. The summed E-state index contributed by atoms with van der Waals surface area (Å²) in [6, 6.07) is 0. The van der Waals surface area contributed by atoms with E-state index in [4.69, 9.17) is 0 Å². The van der Waals surface area contributed by atoms with Crippen LogP contribution in [0.2, 0.25) is 0 Å². The molecule has 15 heavy (non-hydrogen) atoms. The van der Waals surface area contributed by atoms with E-state index in [9.17, 15) is 9.59 Å². The molecule has 1 aliphatic rings. The van der Waals surface area contributed by atoms with Gasteiger partial charge in [-0.1, -0.05) is 11.6 Å². The van der Waals surface area contributed by atoms with Crippen LogP contribution in [0.3, 0.4) is 0 Å². The van der Waals surface area contributed by atoms with Gasteiger partial charge < -0.3 is 0 Å². The van der Waals surface area contributed by atoms with Crippen LogP contribution >= 0.6 is 0 Å². The molecule has 80 valence electrons. The molecule has 1 rings (SSSR count). The monoisotopic (exact) mass is 204 g/mol. The van der Waals surface area contributed by atoms with E-state index in [0.29, 0.717) is 23.1 Å². The van der Waals surface area contributed by atoms with Crippen molar-refractivity contribution in [2.45, 2.75) is 34.1 Å². The summed E-state index contributed by atoms with van der Waals surface area (Å²) >= 11 is 0. The molecule has 0 heterocycles. The first kappa shape index (κ1) is 11.6. The van der Waals surface area contributed by atoms with Crippen molar-refractivity contribution in [1.29, 1.82) is 0 Å². The molecular formula is C13H16O2. The Morgan fingerprint density at radius 1 is 1.20 bits per heavy atom. The lowest BCUT2D eigenvalue weighted by atomic mass is 9.89. The Balaban J connectivity index is 2.95. The van der Waals surface area contributed by atoms with Gasteiger partial charge in [0.05, 0.1) is 0 Å². The van der Waals surface area contributed by atoms with Gasteiger partial charge in [0.2, 0.25) is 0 Å². The third-order valence-corrected chi connectivity index (χ3v) is 2.60. The Bertz CT molecular complexity index is 402. The van der Waals surface area contributed by atoms with Crippen LogP contribution in [0.15, 0.2) is 34.4 Å². The Morgan fingerprint density at radius 3 is 2.33 bits per heavy atom. The number of carbonyl (C=O) groups is 2. The van der Waals surface area contributed by atoms with Crippen LogP contribution in [-0.2, 0) is 9.59 Å². The zero-order chi connectivity index (χ0) is 11.6. The molecule has 0 atom stereocenters. The first-order valence-corrected chi connectivity index (χ1v) is 5.04. The normalized spacial score (nSPS) is 16.7. The maximum atomic E-state index is 11.8. The molecular weight excluding hydrogens is 188 g/mol. The van der Waals surface area contributed by atoms with Crippen molar-refractivity contribution in [3.05, 3.63) is 34.4 Å². The third-order valence-electron chi connectivity index (χ3n) is 2.60. The molecule has 1 aliphatic carbocycles. The molecule has 0 unspecified atom stereocenters. The van der Waals surface area contributed by atoms with Gasteiger partial charge in [-0.25, -0.2) is 0 Å². The second kappa shape index (κ2) is 4.39. The predicted molar refractivity (Wildman–Crippen MR) is 60.5 cm³/mol. The minimum Gasteiger partial charge on any atom is -0.290 e. The van der Waals surface area contributed by atoms with Gasteiger partial charge in [-0.3, -0.25) is 9.59 Å². The molecule has 0 aliphatic heterocycles. The van der Waals surface area contributed by atoms with Gasteiger partial charge in [-0.15, -0.1) is 0 Å². The van der Waals surface area contributed by atoms with E-state index in [1.165, 1.54) is 6.08 Å². The lowest BCUT2D eigenvalue weighted by Crippen LogP contribution is -2.16. The molecule has 2 heteroatoms. The molecule has 0 spiro atoms. The predicted octanol–water partition coefficient (Wildman–Crippen LogP) is 2.76. The molecule has 0 aromatic rings. The van der Waals surface area contributed by atoms with Crippen molar-refractivity contribution in [2.24, 2.45) is 0 Å². The Hall–Kier alpha value is -1.44. The zero-order valence-corrected chi connectivity index (χ0v) is 9.68. The van der Waals surface area contributed by atoms with Gasteiger partial charge >= 0.3 is 0 Å². The highest BCUT2D eigenvalue weighted by Crippen LogP contribution is 2.21. The minimum absolute atomic E-state index is 0.00426. The number of ketones is 2. The van der Waals surface area contributed by atoms with Crippen molar-refractivity contribution < 1.29 is 9.59 Å². The van der Waals surface area contributed by atoms with Gasteiger partial charge in [-0.2, -0.15) is 0 Å². The smallest absolute Gasteiger partial charge is 0.185 e. The second-order valence-electron chi connectivity index (χ2n) is 4.10. The zero-order valence-electron chi connectivity index (χ0n) is 9.68. The first-order chi connectivity index (χ1) is 6.93. The van der Waals surface area contributed by atoms with E-state index in [1.807, 2.05) is 19.9 Å². The number of hydrogen-bond acceptors (Lipinski definition) is 2. The van der Waals surface area contributed by atoms with Crippen LogP contribution in [-0.4, -0.2) is 11.6 Å². The second-order valence-corrected chi connectivity index (χ2v) is 4.10. The van der Waals surface area contributed by atoms with Crippen LogP contribution < -0.4 is 0 Å². The number of hydrogen-bond donors (Lipinski definition) is 0. The summed E-state index contributed by atoms with van der Waals surface area (Å²) in [5.74, 6) is -0.0335. The first-order valence-electron chi connectivity index (χ1n) is 5.04. The molecule has 0 saturated heterocycles. The number of allylic oxidation sites excluding steroid dienone is 6. The van der Waals surface area contributed by atoms with Crippen LogP contribution in [0.25, 0.3) is 0 Å². The van der Waals surface area contributed by atoms with E-state index in [-0.39, 0.29) is 11.6 Å². The van der Waals surface area contributed by atoms with Crippen LogP contribution in [0.1, 0.15) is 34.1 Å². The Morgan fingerprint density at radius 2 is 1.80 bits per heavy atom. The van der Waals surface area contributed by atoms with Gasteiger partial charge in [0.15, 0.2) is 11.6 Å². The maximum Gasteiger partial charge on any atom is 0.185 e. The summed E-state index contributed by atoms with van der Waals surface area (Å²) in [5.41, 5.74) is 2.91. The molecule has 0 bridgehead atoms. The van der Waals surface area contributed by atoms with Crippen molar-refractivity contribution in [3.63, 3.8) is 0 Å². The van der Waals surface area contributed by atoms with E-state index < -0.39 is 0 Å². The quantitative estimate of drug-likeness (QED) is 0.512. The van der Waals surface area contributed by atoms with E-state index in [1.54, 1.807) is 13.8 Å². The summed E-state index contributed by atoms with van der Waals surface area (Å²) in [4.78, 5) is 23.3. The minimum atomic E-state index is -0.0377. The van der Waals surface area contributed by atoms with Crippen LogP contribution in [0.4, 0.5) is 0 Å². The van der Waals surface area contributed by atoms with Crippen molar-refractivity contribution in [3.8, 4) is 0 Å². The average molecular weight is 204 g/mol. The summed E-state index contributed by atoms with van der Waals surface area (Å²) in [7, 11) is 0. The lowest BCUT2D eigenvalue weighted by molar-refractivity contribution is -0.115. The molecule has 0 fully saturated rings. The van der Waals surface area contributed by atoms with Gasteiger partial charge in [-0.05, 0) is 40.2 Å². The number of Topliss-reactive ketones (excluding diaryl/α,β-unsaturated/α-hetero) is 1. The highest BCUT2D eigenvalue weighted by molar-refractivity contribution is 6.22. The van der Waals surface area contributed by atoms with E-state index in [0.717, 1.165) is 5.57 Å². The SMILES string of the molecule is CC(C)=CCC1=CC(=O)C(C)=C(C)C1=O. The summed E-state index contributed by atoms with van der Waals surface area (Å²) in [5, 5.41) is 0. The standard InChI is InChI=1S/C13H16O2/c1-8(2)5-6-11-7-12(14)9(3)10(4)13(11)15/h5,7H,6H2,1-4H3. The maximum absolute atomic E-state index is 11.8. The molecule has 2 nitrogen and oxygen atoms in total. The van der Waals surface area contributed by atoms with E-state index in [2.05, 4.69) is 0 Å². The fourth-order valence-corrected chi connectivity index (χ4v) is 1.39. The number of rotatable bonds is 2. The molecule has 0 radical (unpaired) electrons. The lowest BCUT2D eigenvalue weighted by Gasteiger charge is -2.12. The van der Waals surface area contributed by atoms with Crippen LogP contribution in [0.5, 0.6) is 0 Å². The third kappa shape index (κ3) is 2.52.